The third-order valence-corrected chi connectivity index (χ3v) is 1.79. The van der Waals surface area contributed by atoms with Crippen molar-refractivity contribution >= 4 is 5.97 Å². The smallest absolute Gasteiger partial charge is 0.417 e. The van der Waals surface area contributed by atoms with E-state index in [0.29, 0.717) is 6.92 Å². The lowest BCUT2D eigenvalue weighted by Crippen LogP contribution is -2.50. The van der Waals surface area contributed by atoms with Gasteiger partial charge in [-0.15, -0.1) is 0 Å². The van der Waals surface area contributed by atoms with E-state index >= 15 is 0 Å². The van der Waals surface area contributed by atoms with Crippen LogP contribution in [0.25, 0.3) is 0 Å². The molecule has 0 fully saturated rings. The molecule has 0 amide bonds. The Balaban J connectivity index is 4.73. The highest BCUT2D eigenvalue weighted by Gasteiger charge is 2.55. The highest BCUT2D eigenvalue weighted by Crippen LogP contribution is 2.35. The lowest BCUT2D eigenvalue weighted by molar-refractivity contribution is -0.269. The van der Waals surface area contributed by atoms with Crippen molar-refractivity contribution in [2.24, 2.45) is 5.92 Å². The summed E-state index contributed by atoms with van der Waals surface area (Å²) < 4.78 is 35.8. The first-order chi connectivity index (χ1) is 5.10. The topological polar surface area (TPSA) is 57.5 Å². The number of rotatable bonds is 2. The van der Waals surface area contributed by atoms with Gasteiger partial charge in [-0.25, -0.2) is 0 Å². The van der Waals surface area contributed by atoms with E-state index in [9.17, 15) is 18.0 Å². The summed E-state index contributed by atoms with van der Waals surface area (Å²) in [5.41, 5.74) is -3.18. The summed E-state index contributed by atoms with van der Waals surface area (Å²) in [7, 11) is 0. The van der Waals surface area contributed by atoms with E-state index in [1.807, 2.05) is 0 Å². The van der Waals surface area contributed by atoms with Crippen LogP contribution in [0.4, 0.5) is 13.2 Å². The number of carboxylic acids is 1. The molecule has 12 heavy (non-hydrogen) atoms. The molecule has 0 unspecified atom stereocenters. The second kappa shape index (κ2) is 2.93. The summed E-state index contributed by atoms with van der Waals surface area (Å²) in [5.74, 6) is -3.56. The van der Waals surface area contributed by atoms with Crippen molar-refractivity contribution in [2.75, 3.05) is 0 Å². The van der Waals surface area contributed by atoms with Crippen molar-refractivity contribution in [3.05, 3.63) is 0 Å². The third kappa shape index (κ3) is 1.88. The molecular weight excluding hydrogens is 177 g/mol. The van der Waals surface area contributed by atoms with Crippen LogP contribution in [0.5, 0.6) is 0 Å². The zero-order valence-electron chi connectivity index (χ0n) is 6.51. The summed E-state index contributed by atoms with van der Waals surface area (Å²) in [5, 5.41) is 17.0. The number of halogens is 3. The summed E-state index contributed by atoms with van der Waals surface area (Å²) in [6.07, 6.45) is -4.93. The normalized spacial score (nSPS) is 19.8. The third-order valence-electron chi connectivity index (χ3n) is 1.79. The van der Waals surface area contributed by atoms with E-state index in [0.717, 1.165) is 6.92 Å². The molecule has 0 saturated heterocycles. The number of alkyl halides is 3. The maximum absolute atomic E-state index is 11.9. The first-order valence-corrected chi connectivity index (χ1v) is 3.12. The van der Waals surface area contributed by atoms with Gasteiger partial charge < -0.3 is 10.2 Å². The van der Waals surface area contributed by atoms with Crippen LogP contribution < -0.4 is 0 Å². The van der Waals surface area contributed by atoms with Gasteiger partial charge in [-0.05, 0) is 13.8 Å². The summed E-state index contributed by atoms with van der Waals surface area (Å²) >= 11 is 0. The number of aliphatic carboxylic acids is 1. The van der Waals surface area contributed by atoms with Crippen LogP contribution >= 0.6 is 0 Å². The van der Waals surface area contributed by atoms with E-state index < -0.39 is 23.7 Å². The van der Waals surface area contributed by atoms with Crippen LogP contribution in [0.15, 0.2) is 0 Å². The molecular formula is C6H9F3O3. The highest BCUT2D eigenvalue weighted by atomic mass is 19.4. The van der Waals surface area contributed by atoms with Gasteiger partial charge in [0.05, 0.1) is 5.92 Å². The fraction of sp³-hybridized carbons (Fsp3) is 0.833. The molecule has 0 aliphatic carbocycles. The molecule has 2 N–H and O–H groups in total. The van der Waals surface area contributed by atoms with Gasteiger partial charge in [0.2, 0.25) is 0 Å². The van der Waals surface area contributed by atoms with Crippen LogP contribution in [-0.4, -0.2) is 28.0 Å². The van der Waals surface area contributed by atoms with E-state index in [2.05, 4.69) is 0 Å². The molecule has 0 rings (SSSR count). The zero-order valence-corrected chi connectivity index (χ0v) is 6.51. The first kappa shape index (κ1) is 11.2. The van der Waals surface area contributed by atoms with Gasteiger partial charge in [0.15, 0.2) is 5.60 Å². The van der Waals surface area contributed by atoms with Crippen molar-refractivity contribution in [3.63, 3.8) is 0 Å². The van der Waals surface area contributed by atoms with E-state index in [-0.39, 0.29) is 0 Å². The summed E-state index contributed by atoms with van der Waals surface area (Å²) in [6, 6.07) is 0. The maximum atomic E-state index is 11.9. The average Bonchev–Trinajstić information content (AvgIpc) is 1.83. The van der Waals surface area contributed by atoms with E-state index in [1.165, 1.54) is 0 Å². The number of hydrogen-bond donors (Lipinski definition) is 2. The lowest BCUT2D eigenvalue weighted by atomic mass is 9.90. The second-order valence-corrected chi connectivity index (χ2v) is 2.71. The van der Waals surface area contributed by atoms with Gasteiger partial charge in [0.25, 0.3) is 0 Å². The molecule has 0 aliphatic heterocycles. The van der Waals surface area contributed by atoms with Gasteiger partial charge in [-0.2, -0.15) is 13.2 Å². The molecule has 0 aromatic heterocycles. The number of hydrogen-bond acceptors (Lipinski definition) is 2. The first-order valence-electron chi connectivity index (χ1n) is 3.12. The Morgan fingerprint density at radius 2 is 1.75 bits per heavy atom. The van der Waals surface area contributed by atoms with Gasteiger partial charge in [0.1, 0.15) is 0 Å². The van der Waals surface area contributed by atoms with Gasteiger partial charge in [-0.3, -0.25) is 4.79 Å². The minimum absolute atomic E-state index is 0.436. The lowest BCUT2D eigenvalue weighted by Gasteiger charge is -2.29. The number of carboxylic acid groups (broad SMARTS) is 1. The van der Waals surface area contributed by atoms with Gasteiger partial charge >= 0.3 is 12.1 Å². The SMILES string of the molecule is C[C@@H](C(=O)O)[C@@](C)(O)C(F)(F)F. The van der Waals surface area contributed by atoms with Gasteiger partial charge in [0, 0.05) is 0 Å². The van der Waals surface area contributed by atoms with Crippen LogP contribution in [0, 0.1) is 5.92 Å². The van der Waals surface area contributed by atoms with Crippen molar-refractivity contribution in [1.82, 2.24) is 0 Å². The van der Waals surface area contributed by atoms with Crippen molar-refractivity contribution < 1.29 is 28.2 Å². The minimum atomic E-state index is -4.93. The maximum Gasteiger partial charge on any atom is 0.417 e. The molecule has 0 saturated carbocycles. The average molecular weight is 186 g/mol. The Kier molecular flexibility index (Phi) is 2.74. The Hall–Kier alpha value is -0.780. The molecule has 72 valence electrons. The fourth-order valence-corrected chi connectivity index (χ4v) is 0.486. The molecule has 0 aliphatic rings. The Morgan fingerprint density at radius 3 is 1.83 bits per heavy atom. The molecule has 0 aromatic rings. The van der Waals surface area contributed by atoms with Crippen molar-refractivity contribution in [2.45, 2.75) is 25.6 Å². The van der Waals surface area contributed by atoms with Gasteiger partial charge in [-0.1, -0.05) is 0 Å². The number of aliphatic hydroxyl groups is 1. The monoisotopic (exact) mass is 186 g/mol. The minimum Gasteiger partial charge on any atom is -0.481 e. The van der Waals surface area contributed by atoms with Crippen LogP contribution in [0.1, 0.15) is 13.8 Å². The fourth-order valence-electron chi connectivity index (χ4n) is 0.486. The molecule has 3 nitrogen and oxygen atoms in total. The van der Waals surface area contributed by atoms with Crippen molar-refractivity contribution in [3.8, 4) is 0 Å². The Morgan fingerprint density at radius 1 is 1.42 bits per heavy atom. The summed E-state index contributed by atoms with van der Waals surface area (Å²) in [6.45, 7) is 1.24. The molecule has 0 spiro atoms. The Labute approximate surface area is 66.8 Å². The van der Waals surface area contributed by atoms with Crippen molar-refractivity contribution in [1.29, 1.82) is 0 Å². The molecule has 0 radical (unpaired) electrons. The molecule has 6 heteroatoms. The predicted octanol–water partition coefficient (Wildman–Crippen LogP) is 1.02. The number of carbonyl (C=O) groups is 1. The molecule has 0 aromatic carbocycles. The second-order valence-electron chi connectivity index (χ2n) is 2.71. The quantitative estimate of drug-likeness (QED) is 0.676. The van der Waals surface area contributed by atoms with Crippen LogP contribution in [0.2, 0.25) is 0 Å². The largest absolute Gasteiger partial charge is 0.481 e. The molecule has 0 bridgehead atoms. The predicted molar refractivity (Wildman–Crippen MR) is 33.5 cm³/mol. The van der Waals surface area contributed by atoms with E-state index in [4.69, 9.17) is 10.2 Å². The van der Waals surface area contributed by atoms with Crippen LogP contribution in [0.3, 0.4) is 0 Å². The van der Waals surface area contributed by atoms with E-state index in [1.54, 1.807) is 0 Å². The zero-order chi connectivity index (χ0) is 10.2. The molecule has 2 atom stereocenters. The summed E-state index contributed by atoms with van der Waals surface area (Å²) in [4.78, 5) is 10.1. The van der Waals surface area contributed by atoms with Crippen LogP contribution in [-0.2, 0) is 4.79 Å². The highest BCUT2D eigenvalue weighted by molar-refractivity contribution is 5.71. The Bertz CT molecular complexity index is 185. The standard InChI is InChI=1S/C6H9F3O3/c1-3(4(10)11)5(2,12)6(7,8)9/h3,12H,1-2H3,(H,10,11)/t3-,5+/m0/s1. The molecule has 0 heterocycles.